The smallest absolute Gasteiger partial charge is 0.331 e. The van der Waals surface area contributed by atoms with E-state index in [0.29, 0.717) is 12.8 Å². The Hall–Kier alpha value is -1.92. The van der Waals surface area contributed by atoms with Crippen LogP contribution in [0.5, 0.6) is 0 Å². The van der Waals surface area contributed by atoms with Gasteiger partial charge in [0.2, 0.25) is 0 Å². The average Bonchev–Trinajstić information content (AvgIpc) is 2.85. The maximum Gasteiger partial charge on any atom is 0.331 e. The molecule has 21 heavy (non-hydrogen) atoms. The third-order valence-corrected chi connectivity index (χ3v) is 3.17. The van der Waals surface area contributed by atoms with E-state index in [4.69, 9.17) is 4.74 Å². The van der Waals surface area contributed by atoms with Gasteiger partial charge in [-0.1, -0.05) is 13.3 Å². The lowest BCUT2D eigenvalue weighted by Crippen LogP contribution is -2.53. The lowest BCUT2D eigenvalue weighted by Gasteiger charge is -2.27. The van der Waals surface area contributed by atoms with Crippen LogP contribution in [-0.4, -0.2) is 35.5 Å². The molecule has 0 radical (unpaired) electrons. The lowest BCUT2D eigenvalue weighted by molar-refractivity contribution is -0.147. The summed E-state index contributed by atoms with van der Waals surface area (Å²) in [5.74, 6) is -1.15. The Morgan fingerprint density at radius 1 is 1.48 bits per heavy atom. The highest BCUT2D eigenvalue weighted by Crippen LogP contribution is 2.16. The van der Waals surface area contributed by atoms with Gasteiger partial charge in [-0.05, 0) is 25.5 Å². The minimum atomic E-state index is -2.56. The van der Waals surface area contributed by atoms with E-state index in [1.807, 2.05) is 6.92 Å². The normalized spacial score (nSPS) is 13.8. The van der Waals surface area contributed by atoms with Crippen molar-refractivity contribution in [3.8, 4) is 0 Å². The number of esters is 1. The number of aromatic nitrogens is 1. The standard InChI is InChI=1S/C14H20F2N2O3/c1-4-7-14(2,13(20)21-3)17-12(19)10-6-5-8-18(10)9-11(15)16/h5-6,8,11H,4,7,9H2,1-3H3,(H,17,19). The van der Waals surface area contributed by atoms with Gasteiger partial charge in [-0.2, -0.15) is 0 Å². The minimum absolute atomic E-state index is 0.0848. The van der Waals surface area contributed by atoms with Crippen molar-refractivity contribution in [2.45, 2.75) is 45.2 Å². The summed E-state index contributed by atoms with van der Waals surface area (Å²) in [7, 11) is 1.24. The van der Waals surface area contributed by atoms with Gasteiger partial charge >= 0.3 is 5.97 Å². The fourth-order valence-electron chi connectivity index (χ4n) is 2.18. The van der Waals surface area contributed by atoms with Gasteiger partial charge in [0.1, 0.15) is 11.2 Å². The van der Waals surface area contributed by atoms with Crippen LogP contribution < -0.4 is 5.32 Å². The van der Waals surface area contributed by atoms with Gasteiger partial charge in [0, 0.05) is 6.20 Å². The summed E-state index contributed by atoms with van der Waals surface area (Å²) in [5.41, 5.74) is -1.10. The molecule has 1 rings (SSSR count). The second-order valence-corrected chi connectivity index (χ2v) is 4.96. The molecular weight excluding hydrogens is 282 g/mol. The van der Waals surface area contributed by atoms with Gasteiger partial charge < -0.3 is 14.6 Å². The Morgan fingerprint density at radius 3 is 2.67 bits per heavy atom. The fraction of sp³-hybridized carbons (Fsp3) is 0.571. The van der Waals surface area contributed by atoms with E-state index in [1.54, 1.807) is 6.92 Å². The molecule has 0 aliphatic carbocycles. The molecule has 1 amide bonds. The van der Waals surface area contributed by atoms with Crippen molar-refractivity contribution in [2.24, 2.45) is 0 Å². The summed E-state index contributed by atoms with van der Waals surface area (Å²) in [6.45, 7) is 2.85. The Morgan fingerprint density at radius 2 is 2.14 bits per heavy atom. The molecule has 1 unspecified atom stereocenters. The molecular formula is C14H20F2N2O3. The summed E-state index contributed by atoms with van der Waals surface area (Å²) in [6, 6.07) is 2.94. The molecule has 0 aromatic carbocycles. The highest BCUT2D eigenvalue weighted by Gasteiger charge is 2.35. The fourth-order valence-corrected chi connectivity index (χ4v) is 2.18. The van der Waals surface area contributed by atoms with E-state index in [2.05, 4.69) is 5.32 Å². The Kier molecular flexibility index (Phi) is 5.87. The molecule has 0 aliphatic heterocycles. The average molecular weight is 302 g/mol. The number of carbonyl (C=O) groups is 2. The first-order valence-electron chi connectivity index (χ1n) is 6.68. The molecule has 0 spiro atoms. The molecule has 1 heterocycles. The predicted octanol–water partition coefficient (Wildman–Crippen LogP) is 2.21. The summed E-state index contributed by atoms with van der Waals surface area (Å²) < 4.78 is 30.8. The predicted molar refractivity (Wildman–Crippen MR) is 73.2 cm³/mol. The molecule has 5 nitrogen and oxygen atoms in total. The molecule has 1 N–H and O–H groups in total. The van der Waals surface area contributed by atoms with Gasteiger partial charge in [-0.3, -0.25) is 4.79 Å². The Bertz CT molecular complexity index is 502. The van der Waals surface area contributed by atoms with Crippen molar-refractivity contribution in [1.82, 2.24) is 9.88 Å². The highest BCUT2D eigenvalue weighted by molar-refractivity contribution is 5.96. The number of alkyl halides is 2. The molecule has 0 saturated carbocycles. The van der Waals surface area contributed by atoms with E-state index in [1.165, 1.54) is 25.4 Å². The van der Waals surface area contributed by atoms with Crippen molar-refractivity contribution >= 4 is 11.9 Å². The second kappa shape index (κ2) is 7.19. The first-order valence-corrected chi connectivity index (χ1v) is 6.68. The van der Waals surface area contributed by atoms with Gasteiger partial charge in [0.15, 0.2) is 0 Å². The zero-order valence-electron chi connectivity index (χ0n) is 12.4. The van der Waals surface area contributed by atoms with Crippen LogP contribution in [0.25, 0.3) is 0 Å². The number of carbonyl (C=O) groups excluding carboxylic acids is 2. The van der Waals surface area contributed by atoms with Crippen LogP contribution in [-0.2, 0) is 16.1 Å². The number of ether oxygens (including phenoxy) is 1. The van der Waals surface area contributed by atoms with Crippen LogP contribution in [0.1, 0.15) is 37.2 Å². The molecule has 0 bridgehead atoms. The maximum atomic E-state index is 12.5. The first-order chi connectivity index (χ1) is 9.84. The van der Waals surface area contributed by atoms with Crippen molar-refractivity contribution in [1.29, 1.82) is 0 Å². The summed E-state index contributed by atoms with van der Waals surface area (Å²) in [6.07, 6.45) is -0.118. The van der Waals surface area contributed by atoms with E-state index in [0.717, 1.165) is 4.57 Å². The number of amides is 1. The molecule has 118 valence electrons. The summed E-state index contributed by atoms with van der Waals surface area (Å²) in [4.78, 5) is 24.1. The SMILES string of the molecule is CCCC(C)(NC(=O)c1cccn1CC(F)F)C(=O)OC. The highest BCUT2D eigenvalue weighted by atomic mass is 19.3. The first kappa shape index (κ1) is 17.1. The number of hydrogen-bond donors (Lipinski definition) is 1. The van der Waals surface area contributed by atoms with E-state index in [-0.39, 0.29) is 5.69 Å². The van der Waals surface area contributed by atoms with Crippen LogP contribution in [0, 0.1) is 0 Å². The maximum absolute atomic E-state index is 12.5. The van der Waals surface area contributed by atoms with Gasteiger partial charge in [0.25, 0.3) is 12.3 Å². The molecule has 0 fully saturated rings. The van der Waals surface area contributed by atoms with E-state index < -0.39 is 30.4 Å². The lowest BCUT2D eigenvalue weighted by atomic mass is 9.96. The van der Waals surface area contributed by atoms with Gasteiger partial charge in [0.05, 0.1) is 13.7 Å². The van der Waals surface area contributed by atoms with Crippen molar-refractivity contribution in [3.05, 3.63) is 24.0 Å². The molecule has 0 saturated heterocycles. The number of methoxy groups -OCH3 is 1. The van der Waals surface area contributed by atoms with E-state index >= 15 is 0 Å². The van der Waals surface area contributed by atoms with Crippen LogP contribution in [0.3, 0.4) is 0 Å². The molecule has 0 aliphatic rings. The largest absolute Gasteiger partial charge is 0.467 e. The summed E-state index contributed by atoms with van der Waals surface area (Å²) >= 11 is 0. The number of hydrogen-bond acceptors (Lipinski definition) is 3. The number of rotatable bonds is 7. The van der Waals surface area contributed by atoms with Crippen molar-refractivity contribution in [3.63, 3.8) is 0 Å². The van der Waals surface area contributed by atoms with Gasteiger partial charge in [-0.15, -0.1) is 0 Å². The third-order valence-electron chi connectivity index (χ3n) is 3.17. The zero-order valence-corrected chi connectivity index (χ0v) is 12.4. The van der Waals surface area contributed by atoms with Crippen molar-refractivity contribution < 1.29 is 23.1 Å². The molecule has 1 aromatic heterocycles. The Balaban J connectivity index is 2.93. The van der Waals surface area contributed by atoms with E-state index in [9.17, 15) is 18.4 Å². The second-order valence-electron chi connectivity index (χ2n) is 4.96. The summed E-state index contributed by atoms with van der Waals surface area (Å²) in [5, 5.41) is 2.58. The van der Waals surface area contributed by atoms with Crippen LogP contribution >= 0.6 is 0 Å². The van der Waals surface area contributed by atoms with Crippen molar-refractivity contribution in [2.75, 3.05) is 7.11 Å². The molecule has 1 atom stereocenters. The number of nitrogens with zero attached hydrogens (tertiary/aromatic N) is 1. The number of nitrogens with one attached hydrogen (secondary N) is 1. The third kappa shape index (κ3) is 4.27. The monoisotopic (exact) mass is 302 g/mol. The zero-order chi connectivity index (χ0) is 16.0. The van der Waals surface area contributed by atoms with Crippen LogP contribution in [0.2, 0.25) is 0 Å². The molecule has 7 heteroatoms. The van der Waals surface area contributed by atoms with Crippen LogP contribution in [0.15, 0.2) is 18.3 Å². The topological polar surface area (TPSA) is 60.3 Å². The quantitative estimate of drug-likeness (QED) is 0.786. The minimum Gasteiger partial charge on any atom is -0.467 e. The Labute approximate surface area is 122 Å². The molecule has 1 aromatic rings. The van der Waals surface area contributed by atoms with Crippen LogP contribution in [0.4, 0.5) is 8.78 Å². The van der Waals surface area contributed by atoms with Gasteiger partial charge in [-0.25, -0.2) is 13.6 Å². The number of halogens is 2.